The molecule has 27 heavy (non-hydrogen) atoms. The van der Waals surface area contributed by atoms with Crippen molar-refractivity contribution in [1.29, 1.82) is 0 Å². The molecule has 4 N–H and O–H groups in total. The highest BCUT2D eigenvalue weighted by atomic mass is 32.2. The zero-order valence-corrected chi connectivity index (χ0v) is 16.4. The van der Waals surface area contributed by atoms with Crippen LogP contribution in [-0.4, -0.2) is 34.1 Å². The Balaban J connectivity index is 1.89. The third-order valence-electron chi connectivity index (χ3n) is 3.68. The smallest absolute Gasteiger partial charge is 0.238 e. The predicted molar refractivity (Wildman–Crippen MR) is 107 cm³/mol. The summed E-state index contributed by atoms with van der Waals surface area (Å²) >= 11 is 0. The molecule has 0 aliphatic rings. The number of ether oxygens (including phenoxy) is 1. The van der Waals surface area contributed by atoms with Crippen molar-refractivity contribution >= 4 is 16.0 Å². The lowest BCUT2D eigenvalue weighted by Gasteiger charge is -2.12. The highest BCUT2D eigenvalue weighted by Crippen LogP contribution is 2.11. The standard InChI is InChI=1S/C19H26N4O3S/c1-3-21-19(22-11-12-26-17-9-7-15(2)8-10-17)23-14-16-5-4-6-18(13-16)27(20,24)25/h4-10,13H,3,11-12,14H2,1-2H3,(H2,20,24,25)(H2,21,22,23). The number of hydrogen-bond donors (Lipinski definition) is 3. The van der Waals surface area contributed by atoms with E-state index in [9.17, 15) is 8.42 Å². The summed E-state index contributed by atoms with van der Waals surface area (Å²) in [6, 6.07) is 14.3. The molecule has 0 radical (unpaired) electrons. The molecule has 8 heteroatoms. The summed E-state index contributed by atoms with van der Waals surface area (Å²) < 4.78 is 28.6. The number of guanidine groups is 1. The first-order valence-electron chi connectivity index (χ1n) is 8.72. The Morgan fingerprint density at radius 1 is 1.15 bits per heavy atom. The van der Waals surface area contributed by atoms with Gasteiger partial charge in [0.2, 0.25) is 10.0 Å². The first-order valence-corrected chi connectivity index (χ1v) is 10.3. The second kappa shape index (κ2) is 9.94. The topological polar surface area (TPSA) is 106 Å². The minimum absolute atomic E-state index is 0.0830. The van der Waals surface area contributed by atoms with Crippen molar-refractivity contribution < 1.29 is 13.2 Å². The van der Waals surface area contributed by atoms with Crippen LogP contribution in [0.4, 0.5) is 0 Å². The Kier molecular flexibility index (Phi) is 7.63. The van der Waals surface area contributed by atoms with Gasteiger partial charge in [-0.3, -0.25) is 0 Å². The molecule has 0 unspecified atom stereocenters. The number of aryl methyl sites for hydroxylation is 1. The van der Waals surface area contributed by atoms with Crippen LogP contribution in [0.5, 0.6) is 5.75 Å². The highest BCUT2D eigenvalue weighted by molar-refractivity contribution is 7.89. The lowest BCUT2D eigenvalue weighted by atomic mass is 10.2. The Bertz CT molecular complexity index is 865. The van der Waals surface area contributed by atoms with Gasteiger partial charge in [-0.25, -0.2) is 18.5 Å². The molecular weight excluding hydrogens is 364 g/mol. The molecule has 0 amide bonds. The van der Waals surface area contributed by atoms with E-state index in [1.807, 2.05) is 44.2 Å². The number of hydrogen-bond acceptors (Lipinski definition) is 4. The van der Waals surface area contributed by atoms with Crippen molar-refractivity contribution in [3.05, 3.63) is 59.7 Å². The SMILES string of the molecule is CCNC(=NCc1cccc(S(N)(=O)=O)c1)NCCOc1ccc(C)cc1. The second-order valence-electron chi connectivity index (χ2n) is 5.98. The van der Waals surface area contributed by atoms with E-state index < -0.39 is 10.0 Å². The largest absolute Gasteiger partial charge is 0.492 e. The van der Waals surface area contributed by atoms with E-state index in [1.54, 1.807) is 6.07 Å². The lowest BCUT2D eigenvalue weighted by molar-refractivity contribution is 0.322. The summed E-state index contributed by atoms with van der Waals surface area (Å²) in [7, 11) is -3.72. The molecule has 0 aromatic heterocycles. The Hall–Kier alpha value is -2.58. The van der Waals surface area contributed by atoms with Gasteiger partial charge in [-0.2, -0.15) is 0 Å². The molecule has 0 aliphatic heterocycles. The average molecular weight is 391 g/mol. The maximum Gasteiger partial charge on any atom is 0.238 e. The fraction of sp³-hybridized carbons (Fsp3) is 0.316. The summed E-state index contributed by atoms with van der Waals surface area (Å²) in [6.45, 7) is 6.12. The maximum absolute atomic E-state index is 11.4. The first kappa shape index (κ1) is 20.7. The van der Waals surface area contributed by atoms with Crippen molar-refractivity contribution in [2.75, 3.05) is 19.7 Å². The molecule has 0 saturated heterocycles. The fourth-order valence-electron chi connectivity index (χ4n) is 2.31. The molecule has 0 aliphatic carbocycles. The van der Waals surface area contributed by atoms with Crippen LogP contribution >= 0.6 is 0 Å². The van der Waals surface area contributed by atoms with Gasteiger partial charge in [0.15, 0.2) is 5.96 Å². The molecule has 0 saturated carbocycles. The summed E-state index contributed by atoms with van der Waals surface area (Å²) in [4.78, 5) is 4.55. The van der Waals surface area contributed by atoms with E-state index in [4.69, 9.17) is 9.88 Å². The summed E-state index contributed by atoms with van der Waals surface area (Å²) in [5.41, 5.74) is 1.95. The van der Waals surface area contributed by atoms with Gasteiger partial charge in [-0.05, 0) is 43.7 Å². The van der Waals surface area contributed by atoms with E-state index in [0.29, 0.717) is 32.2 Å². The number of benzene rings is 2. The van der Waals surface area contributed by atoms with Crippen LogP contribution in [0.15, 0.2) is 58.4 Å². The number of aliphatic imine (C=N–C) groups is 1. The van der Waals surface area contributed by atoms with Crippen molar-refractivity contribution in [1.82, 2.24) is 10.6 Å². The van der Waals surface area contributed by atoms with Crippen molar-refractivity contribution in [2.24, 2.45) is 10.1 Å². The minimum atomic E-state index is -3.72. The minimum Gasteiger partial charge on any atom is -0.492 e. The highest BCUT2D eigenvalue weighted by Gasteiger charge is 2.07. The molecule has 7 nitrogen and oxygen atoms in total. The van der Waals surface area contributed by atoms with E-state index in [0.717, 1.165) is 11.3 Å². The van der Waals surface area contributed by atoms with Crippen LogP contribution in [0.1, 0.15) is 18.1 Å². The van der Waals surface area contributed by atoms with Crippen LogP contribution in [0.2, 0.25) is 0 Å². The van der Waals surface area contributed by atoms with Crippen molar-refractivity contribution in [3.63, 3.8) is 0 Å². The molecule has 0 bridgehead atoms. The van der Waals surface area contributed by atoms with Crippen molar-refractivity contribution in [3.8, 4) is 5.75 Å². The third kappa shape index (κ3) is 7.28. The molecular formula is C19H26N4O3S. The normalized spacial score (nSPS) is 11.9. The van der Waals surface area contributed by atoms with E-state index in [-0.39, 0.29) is 4.90 Å². The van der Waals surface area contributed by atoms with E-state index in [2.05, 4.69) is 15.6 Å². The molecule has 2 aromatic rings. The number of sulfonamides is 1. The first-order chi connectivity index (χ1) is 12.9. The summed E-state index contributed by atoms with van der Waals surface area (Å²) in [5, 5.41) is 11.5. The average Bonchev–Trinajstić information content (AvgIpc) is 2.64. The van der Waals surface area contributed by atoms with Gasteiger partial charge in [-0.1, -0.05) is 29.8 Å². The monoisotopic (exact) mass is 390 g/mol. The van der Waals surface area contributed by atoms with Gasteiger partial charge < -0.3 is 15.4 Å². The van der Waals surface area contributed by atoms with E-state index in [1.165, 1.54) is 17.7 Å². The van der Waals surface area contributed by atoms with Crippen molar-refractivity contribution in [2.45, 2.75) is 25.3 Å². The van der Waals surface area contributed by atoms with Gasteiger partial charge in [-0.15, -0.1) is 0 Å². The zero-order valence-electron chi connectivity index (χ0n) is 15.6. The van der Waals surface area contributed by atoms with E-state index >= 15 is 0 Å². The number of nitrogens with zero attached hydrogens (tertiary/aromatic N) is 1. The molecule has 0 spiro atoms. The van der Waals surface area contributed by atoms with Gasteiger partial charge in [0.25, 0.3) is 0 Å². The third-order valence-corrected chi connectivity index (χ3v) is 4.59. The summed E-state index contributed by atoms with van der Waals surface area (Å²) in [5.74, 6) is 1.45. The van der Waals surface area contributed by atoms with Gasteiger partial charge in [0.05, 0.1) is 18.0 Å². The molecule has 0 heterocycles. The van der Waals surface area contributed by atoms with Crippen LogP contribution in [0.25, 0.3) is 0 Å². The maximum atomic E-state index is 11.4. The van der Waals surface area contributed by atoms with Gasteiger partial charge >= 0.3 is 0 Å². The lowest BCUT2D eigenvalue weighted by Crippen LogP contribution is -2.39. The van der Waals surface area contributed by atoms with Crippen LogP contribution in [-0.2, 0) is 16.6 Å². The molecule has 2 aromatic carbocycles. The number of nitrogens with two attached hydrogens (primary N) is 1. The van der Waals surface area contributed by atoms with Gasteiger partial charge in [0, 0.05) is 6.54 Å². The Labute approximate surface area is 160 Å². The molecule has 0 fully saturated rings. The quantitative estimate of drug-likeness (QED) is 0.362. The van der Waals surface area contributed by atoms with Gasteiger partial charge in [0.1, 0.15) is 12.4 Å². The second-order valence-corrected chi connectivity index (χ2v) is 7.54. The molecule has 146 valence electrons. The number of nitrogens with one attached hydrogen (secondary N) is 2. The predicted octanol–water partition coefficient (Wildman–Crippen LogP) is 1.78. The summed E-state index contributed by atoms with van der Waals surface area (Å²) in [6.07, 6.45) is 0. The fourth-order valence-corrected chi connectivity index (χ4v) is 2.89. The molecule has 2 rings (SSSR count). The Morgan fingerprint density at radius 3 is 2.56 bits per heavy atom. The van der Waals surface area contributed by atoms with Crippen LogP contribution in [0.3, 0.4) is 0 Å². The number of rotatable bonds is 8. The van der Waals surface area contributed by atoms with Crippen LogP contribution < -0.4 is 20.5 Å². The van der Waals surface area contributed by atoms with Crippen LogP contribution in [0, 0.1) is 6.92 Å². The molecule has 0 atom stereocenters. The zero-order chi connectivity index (χ0) is 19.7. The Morgan fingerprint density at radius 2 is 1.89 bits per heavy atom. The number of primary sulfonamides is 1.